The molecule has 1 fully saturated rings. The highest BCUT2D eigenvalue weighted by Crippen LogP contribution is 2.30. The van der Waals surface area contributed by atoms with Crippen LogP contribution in [0.3, 0.4) is 0 Å². The molecule has 0 amide bonds. The minimum atomic E-state index is -0.0569. The van der Waals surface area contributed by atoms with E-state index in [9.17, 15) is 0 Å². The van der Waals surface area contributed by atoms with Gasteiger partial charge in [0.25, 0.3) is 0 Å². The number of aromatic nitrogens is 1. The third kappa shape index (κ3) is 1.44. The van der Waals surface area contributed by atoms with Gasteiger partial charge in [-0.3, -0.25) is 0 Å². The summed E-state index contributed by atoms with van der Waals surface area (Å²) in [5, 5.41) is 2.44. The molecule has 0 radical (unpaired) electrons. The van der Waals surface area contributed by atoms with Crippen LogP contribution in [0.4, 0.5) is 5.82 Å². The number of pyridine rings is 1. The Morgan fingerprint density at radius 1 is 1.25 bits per heavy atom. The third-order valence-corrected chi connectivity index (χ3v) is 3.06. The standard InChI is InChI=1S/C13H15N3/c1-13(14)8-16(9-13)12-11-5-3-2-4-10(11)6-7-15-12/h2-7H,8-9,14H2,1H3. The molecule has 1 aromatic heterocycles. The highest BCUT2D eigenvalue weighted by atomic mass is 15.3. The largest absolute Gasteiger partial charge is 0.352 e. The van der Waals surface area contributed by atoms with Gasteiger partial charge in [-0.25, -0.2) is 4.98 Å². The Morgan fingerprint density at radius 2 is 2.00 bits per heavy atom. The van der Waals surface area contributed by atoms with E-state index in [0.29, 0.717) is 0 Å². The van der Waals surface area contributed by atoms with Crippen LogP contribution in [0.25, 0.3) is 10.8 Å². The van der Waals surface area contributed by atoms with Crippen LogP contribution in [0.5, 0.6) is 0 Å². The lowest BCUT2D eigenvalue weighted by atomic mass is 9.93. The summed E-state index contributed by atoms with van der Waals surface area (Å²) in [5.41, 5.74) is 5.97. The smallest absolute Gasteiger partial charge is 0.136 e. The van der Waals surface area contributed by atoms with Crippen LogP contribution in [0.2, 0.25) is 0 Å². The van der Waals surface area contributed by atoms with Gasteiger partial charge in [0.2, 0.25) is 0 Å². The first-order valence-electron chi connectivity index (χ1n) is 5.53. The fraction of sp³-hybridized carbons (Fsp3) is 0.308. The molecule has 0 saturated carbocycles. The molecule has 2 N–H and O–H groups in total. The molecule has 0 bridgehead atoms. The molecule has 1 aliphatic heterocycles. The second-order valence-corrected chi connectivity index (χ2v) is 4.87. The Morgan fingerprint density at radius 3 is 2.75 bits per heavy atom. The van der Waals surface area contributed by atoms with Crippen LogP contribution >= 0.6 is 0 Å². The van der Waals surface area contributed by atoms with E-state index in [1.165, 1.54) is 10.8 Å². The van der Waals surface area contributed by atoms with Gasteiger partial charge in [0.05, 0.1) is 0 Å². The molecular weight excluding hydrogens is 198 g/mol. The van der Waals surface area contributed by atoms with E-state index in [0.717, 1.165) is 18.9 Å². The first-order valence-corrected chi connectivity index (χ1v) is 5.53. The lowest BCUT2D eigenvalue weighted by Crippen LogP contribution is -2.65. The van der Waals surface area contributed by atoms with E-state index < -0.39 is 0 Å². The Balaban J connectivity index is 2.05. The van der Waals surface area contributed by atoms with Crippen LogP contribution in [0.1, 0.15) is 6.92 Å². The fourth-order valence-electron chi connectivity index (χ4n) is 2.33. The summed E-state index contributed by atoms with van der Waals surface area (Å²) in [6.07, 6.45) is 1.86. The predicted molar refractivity (Wildman–Crippen MR) is 66.5 cm³/mol. The van der Waals surface area contributed by atoms with Crippen LogP contribution in [-0.2, 0) is 0 Å². The lowest BCUT2D eigenvalue weighted by molar-refractivity contribution is 0.364. The predicted octanol–water partition coefficient (Wildman–Crippen LogP) is 1.77. The Hall–Kier alpha value is -1.61. The molecule has 2 aromatic rings. The molecule has 0 spiro atoms. The van der Waals surface area contributed by atoms with Crippen molar-refractivity contribution in [3.05, 3.63) is 36.5 Å². The molecule has 0 aliphatic carbocycles. The van der Waals surface area contributed by atoms with E-state index in [2.05, 4.69) is 41.1 Å². The van der Waals surface area contributed by atoms with Gasteiger partial charge < -0.3 is 10.6 Å². The highest BCUT2D eigenvalue weighted by Gasteiger charge is 2.36. The zero-order valence-corrected chi connectivity index (χ0v) is 9.35. The number of nitrogens with zero attached hydrogens (tertiary/aromatic N) is 2. The Labute approximate surface area is 94.9 Å². The van der Waals surface area contributed by atoms with Gasteiger partial charge in [-0.15, -0.1) is 0 Å². The van der Waals surface area contributed by atoms with Crippen LogP contribution < -0.4 is 10.6 Å². The number of fused-ring (bicyclic) bond motifs is 1. The summed E-state index contributed by atoms with van der Waals surface area (Å²) in [5.74, 6) is 1.06. The van der Waals surface area contributed by atoms with E-state index in [-0.39, 0.29) is 5.54 Å². The zero-order chi connectivity index (χ0) is 11.2. The van der Waals surface area contributed by atoms with Gasteiger partial charge in [0, 0.05) is 30.2 Å². The van der Waals surface area contributed by atoms with Crippen molar-refractivity contribution < 1.29 is 0 Å². The van der Waals surface area contributed by atoms with Crippen LogP contribution in [0.15, 0.2) is 36.5 Å². The molecule has 16 heavy (non-hydrogen) atoms. The number of hydrogen-bond acceptors (Lipinski definition) is 3. The maximum atomic E-state index is 6.02. The minimum Gasteiger partial charge on any atom is -0.352 e. The molecule has 1 aliphatic rings. The van der Waals surface area contributed by atoms with Crippen LogP contribution in [-0.4, -0.2) is 23.6 Å². The van der Waals surface area contributed by atoms with Crippen molar-refractivity contribution in [2.45, 2.75) is 12.5 Å². The monoisotopic (exact) mass is 213 g/mol. The zero-order valence-electron chi connectivity index (χ0n) is 9.35. The molecule has 0 unspecified atom stereocenters. The average Bonchev–Trinajstić information content (AvgIpc) is 2.25. The van der Waals surface area contributed by atoms with E-state index >= 15 is 0 Å². The summed E-state index contributed by atoms with van der Waals surface area (Å²) >= 11 is 0. The molecule has 82 valence electrons. The number of rotatable bonds is 1. The highest BCUT2D eigenvalue weighted by molar-refractivity contribution is 5.92. The van der Waals surface area contributed by atoms with Crippen molar-refractivity contribution >= 4 is 16.6 Å². The van der Waals surface area contributed by atoms with Crippen molar-refractivity contribution in [2.75, 3.05) is 18.0 Å². The van der Waals surface area contributed by atoms with Crippen molar-refractivity contribution in [3.8, 4) is 0 Å². The van der Waals surface area contributed by atoms with Gasteiger partial charge in [0.1, 0.15) is 5.82 Å². The molecule has 1 aromatic carbocycles. The summed E-state index contributed by atoms with van der Waals surface area (Å²) in [6.45, 7) is 3.84. The molecular formula is C13H15N3. The summed E-state index contributed by atoms with van der Waals surface area (Å²) in [6, 6.07) is 10.4. The molecule has 0 atom stereocenters. The quantitative estimate of drug-likeness (QED) is 0.785. The number of benzene rings is 1. The van der Waals surface area contributed by atoms with Crippen LogP contribution in [0, 0.1) is 0 Å². The normalized spacial score (nSPS) is 18.5. The summed E-state index contributed by atoms with van der Waals surface area (Å²) < 4.78 is 0. The second-order valence-electron chi connectivity index (χ2n) is 4.87. The van der Waals surface area contributed by atoms with Crippen molar-refractivity contribution in [2.24, 2.45) is 5.73 Å². The molecule has 3 nitrogen and oxygen atoms in total. The Kier molecular flexibility index (Phi) is 1.91. The maximum Gasteiger partial charge on any atom is 0.136 e. The van der Waals surface area contributed by atoms with E-state index in [1.807, 2.05) is 12.3 Å². The SMILES string of the molecule is CC1(N)CN(c2nccc3ccccc23)C1. The molecule has 2 heterocycles. The van der Waals surface area contributed by atoms with Crippen molar-refractivity contribution in [1.82, 2.24) is 4.98 Å². The number of nitrogens with two attached hydrogens (primary N) is 1. The second kappa shape index (κ2) is 3.19. The average molecular weight is 213 g/mol. The maximum absolute atomic E-state index is 6.02. The summed E-state index contributed by atoms with van der Waals surface area (Å²) in [4.78, 5) is 6.70. The van der Waals surface area contributed by atoms with Gasteiger partial charge in [-0.05, 0) is 18.4 Å². The van der Waals surface area contributed by atoms with Gasteiger partial charge in [0.15, 0.2) is 0 Å². The molecule has 3 rings (SSSR count). The van der Waals surface area contributed by atoms with Gasteiger partial charge in [-0.2, -0.15) is 0 Å². The molecule has 1 saturated heterocycles. The minimum absolute atomic E-state index is 0.0569. The van der Waals surface area contributed by atoms with Crippen molar-refractivity contribution in [3.63, 3.8) is 0 Å². The lowest BCUT2D eigenvalue weighted by Gasteiger charge is -2.46. The summed E-state index contributed by atoms with van der Waals surface area (Å²) in [7, 11) is 0. The number of anilines is 1. The third-order valence-electron chi connectivity index (χ3n) is 3.06. The van der Waals surface area contributed by atoms with E-state index in [4.69, 9.17) is 5.73 Å². The first-order chi connectivity index (χ1) is 7.66. The van der Waals surface area contributed by atoms with Gasteiger partial charge >= 0.3 is 0 Å². The number of hydrogen-bond donors (Lipinski definition) is 1. The topological polar surface area (TPSA) is 42.1 Å². The fourth-order valence-corrected chi connectivity index (χ4v) is 2.33. The molecule has 3 heteroatoms. The van der Waals surface area contributed by atoms with E-state index in [1.54, 1.807) is 0 Å². The Bertz CT molecular complexity index is 520. The van der Waals surface area contributed by atoms with Gasteiger partial charge in [-0.1, -0.05) is 24.3 Å². The van der Waals surface area contributed by atoms with Crippen molar-refractivity contribution in [1.29, 1.82) is 0 Å². The first kappa shape index (κ1) is 9.60.